The molecular formula is C20H17Cl2FN2O4. The van der Waals surface area contributed by atoms with Gasteiger partial charge in [-0.3, -0.25) is 9.59 Å². The monoisotopic (exact) mass is 438 g/mol. The van der Waals surface area contributed by atoms with Crippen LogP contribution < -0.4 is 10.6 Å². The van der Waals surface area contributed by atoms with Gasteiger partial charge in [-0.1, -0.05) is 29.3 Å². The number of nitrogens with two attached hydrogens (primary N) is 1. The molecule has 29 heavy (non-hydrogen) atoms. The SMILES string of the molecule is NC(=O)CCN(C(=O)COC(=O)/C=C/c1ccc(Cl)cc1Cl)c1ccc(F)cc1. The molecule has 0 aliphatic carbocycles. The molecule has 2 rings (SSSR count). The molecular weight excluding hydrogens is 422 g/mol. The second-order valence-electron chi connectivity index (χ2n) is 5.84. The lowest BCUT2D eigenvalue weighted by Gasteiger charge is -2.22. The molecule has 2 aromatic rings. The second kappa shape index (κ2) is 10.6. The summed E-state index contributed by atoms with van der Waals surface area (Å²) in [6.07, 6.45) is 2.44. The van der Waals surface area contributed by atoms with Crippen molar-refractivity contribution in [3.05, 3.63) is 70.0 Å². The van der Waals surface area contributed by atoms with Gasteiger partial charge in [-0.05, 0) is 48.0 Å². The summed E-state index contributed by atoms with van der Waals surface area (Å²) in [5, 5.41) is 0.809. The zero-order valence-corrected chi connectivity index (χ0v) is 16.6. The van der Waals surface area contributed by atoms with Gasteiger partial charge in [-0.25, -0.2) is 9.18 Å². The topological polar surface area (TPSA) is 89.7 Å². The minimum Gasteiger partial charge on any atom is -0.452 e. The van der Waals surface area contributed by atoms with Crippen molar-refractivity contribution in [2.45, 2.75) is 6.42 Å². The molecule has 2 amide bonds. The van der Waals surface area contributed by atoms with E-state index >= 15 is 0 Å². The molecule has 0 aliphatic rings. The third-order valence-electron chi connectivity index (χ3n) is 3.72. The van der Waals surface area contributed by atoms with Crippen LogP contribution in [0.15, 0.2) is 48.5 Å². The molecule has 6 nitrogen and oxygen atoms in total. The fourth-order valence-electron chi connectivity index (χ4n) is 2.29. The Bertz CT molecular complexity index is 933. The van der Waals surface area contributed by atoms with Crippen LogP contribution in [0.4, 0.5) is 10.1 Å². The summed E-state index contributed by atoms with van der Waals surface area (Å²) in [4.78, 5) is 36.6. The van der Waals surface area contributed by atoms with Gasteiger partial charge in [0.15, 0.2) is 6.61 Å². The molecule has 0 saturated carbocycles. The zero-order valence-electron chi connectivity index (χ0n) is 15.1. The minimum atomic E-state index is -0.765. The second-order valence-corrected chi connectivity index (χ2v) is 6.69. The first-order valence-electron chi connectivity index (χ1n) is 8.40. The number of hydrogen-bond acceptors (Lipinski definition) is 4. The molecule has 0 atom stereocenters. The number of primary amides is 1. The van der Waals surface area contributed by atoms with E-state index in [0.717, 1.165) is 6.08 Å². The number of amides is 2. The van der Waals surface area contributed by atoms with Crippen LogP contribution in [0.1, 0.15) is 12.0 Å². The number of rotatable bonds is 8. The van der Waals surface area contributed by atoms with E-state index in [2.05, 4.69) is 0 Å². The van der Waals surface area contributed by atoms with Gasteiger partial charge >= 0.3 is 5.97 Å². The predicted molar refractivity (Wildman–Crippen MR) is 109 cm³/mol. The van der Waals surface area contributed by atoms with E-state index in [4.69, 9.17) is 33.7 Å². The summed E-state index contributed by atoms with van der Waals surface area (Å²) in [5.74, 6) is -2.44. The number of carbonyl (C=O) groups excluding carboxylic acids is 3. The van der Waals surface area contributed by atoms with E-state index < -0.39 is 30.2 Å². The predicted octanol–water partition coefficient (Wildman–Crippen LogP) is 3.60. The van der Waals surface area contributed by atoms with Crippen LogP contribution in [0.5, 0.6) is 0 Å². The number of carbonyl (C=O) groups is 3. The van der Waals surface area contributed by atoms with Gasteiger partial charge in [0, 0.05) is 34.8 Å². The molecule has 0 fully saturated rings. The molecule has 0 aliphatic heterocycles. The number of esters is 1. The first-order valence-corrected chi connectivity index (χ1v) is 9.16. The number of benzene rings is 2. The first kappa shape index (κ1) is 22.4. The standard InChI is InChI=1S/C20H17Cl2FN2O4/c21-14-3-1-13(17(22)11-14)2-8-20(28)29-12-19(27)25(10-9-18(24)26)16-6-4-15(23)5-7-16/h1-8,11H,9-10,12H2,(H2,24,26)/b8-2+. The number of ether oxygens (including phenoxy) is 1. The fourth-order valence-corrected chi connectivity index (χ4v) is 2.77. The highest BCUT2D eigenvalue weighted by molar-refractivity contribution is 6.35. The smallest absolute Gasteiger partial charge is 0.331 e. The summed E-state index contributed by atoms with van der Waals surface area (Å²) in [7, 11) is 0. The highest BCUT2D eigenvalue weighted by atomic mass is 35.5. The quantitative estimate of drug-likeness (QED) is 0.503. The van der Waals surface area contributed by atoms with Crippen molar-refractivity contribution in [1.82, 2.24) is 0 Å². The Kier molecular flexibility index (Phi) is 8.18. The highest BCUT2D eigenvalue weighted by Gasteiger charge is 2.18. The van der Waals surface area contributed by atoms with Crippen molar-refractivity contribution in [1.29, 1.82) is 0 Å². The Morgan fingerprint density at radius 1 is 1.10 bits per heavy atom. The van der Waals surface area contributed by atoms with Gasteiger partial charge in [0.2, 0.25) is 5.91 Å². The normalized spacial score (nSPS) is 10.7. The molecule has 0 radical (unpaired) electrons. The van der Waals surface area contributed by atoms with Crippen LogP contribution in [0.3, 0.4) is 0 Å². The van der Waals surface area contributed by atoms with Crippen molar-refractivity contribution in [3.8, 4) is 0 Å². The number of halogens is 3. The average Bonchev–Trinajstić information content (AvgIpc) is 2.67. The Labute approximate surface area is 176 Å². The molecule has 152 valence electrons. The molecule has 0 saturated heterocycles. The molecule has 0 aromatic heterocycles. The number of hydrogen-bond donors (Lipinski definition) is 1. The third kappa shape index (κ3) is 7.21. The van der Waals surface area contributed by atoms with Gasteiger partial charge in [0.05, 0.1) is 0 Å². The maximum absolute atomic E-state index is 13.1. The minimum absolute atomic E-state index is 0.0342. The van der Waals surface area contributed by atoms with E-state index in [-0.39, 0.29) is 13.0 Å². The highest BCUT2D eigenvalue weighted by Crippen LogP contribution is 2.22. The van der Waals surface area contributed by atoms with E-state index in [1.807, 2.05) is 0 Å². The molecule has 0 spiro atoms. The van der Waals surface area contributed by atoms with Gasteiger partial charge < -0.3 is 15.4 Å². The van der Waals surface area contributed by atoms with E-state index in [1.165, 1.54) is 41.3 Å². The largest absolute Gasteiger partial charge is 0.452 e. The van der Waals surface area contributed by atoms with E-state index in [9.17, 15) is 18.8 Å². The molecule has 9 heteroatoms. The van der Waals surface area contributed by atoms with Gasteiger partial charge in [0.1, 0.15) is 5.82 Å². The van der Waals surface area contributed by atoms with Crippen LogP contribution in [-0.4, -0.2) is 30.9 Å². The Morgan fingerprint density at radius 2 is 1.79 bits per heavy atom. The van der Waals surface area contributed by atoms with Crippen molar-refractivity contribution in [2.75, 3.05) is 18.1 Å². The first-order chi connectivity index (χ1) is 13.8. The maximum Gasteiger partial charge on any atom is 0.331 e. The molecule has 0 heterocycles. The Hall–Kier alpha value is -2.90. The average molecular weight is 439 g/mol. The van der Waals surface area contributed by atoms with Crippen molar-refractivity contribution in [3.63, 3.8) is 0 Å². The van der Waals surface area contributed by atoms with Gasteiger partial charge in [0.25, 0.3) is 5.91 Å². The lowest BCUT2D eigenvalue weighted by atomic mass is 10.2. The van der Waals surface area contributed by atoms with Crippen molar-refractivity contribution in [2.24, 2.45) is 5.73 Å². The maximum atomic E-state index is 13.1. The third-order valence-corrected chi connectivity index (χ3v) is 4.28. The van der Waals surface area contributed by atoms with Crippen LogP contribution in [0, 0.1) is 5.82 Å². The van der Waals surface area contributed by atoms with Crippen molar-refractivity contribution >= 4 is 52.7 Å². The Morgan fingerprint density at radius 3 is 2.41 bits per heavy atom. The fraction of sp³-hybridized carbons (Fsp3) is 0.150. The lowest BCUT2D eigenvalue weighted by Crippen LogP contribution is -2.37. The Balaban J connectivity index is 2.00. The summed E-state index contributed by atoms with van der Waals surface area (Å²) < 4.78 is 18.1. The number of anilines is 1. The summed E-state index contributed by atoms with van der Waals surface area (Å²) in [6.45, 7) is -0.610. The van der Waals surface area contributed by atoms with E-state index in [0.29, 0.717) is 21.3 Å². The zero-order chi connectivity index (χ0) is 21.4. The van der Waals surface area contributed by atoms with Crippen LogP contribution in [0.2, 0.25) is 10.0 Å². The van der Waals surface area contributed by atoms with E-state index in [1.54, 1.807) is 12.1 Å². The van der Waals surface area contributed by atoms with Gasteiger partial charge in [-0.2, -0.15) is 0 Å². The van der Waals surface area contributed by atoms with Crippen LogP contribution >= 0.6 is 23.2 Å². The van der Waals surface area contributed by atoms with Crippen LogP contribution in [-0.2, 0) is 19.1 Å². The number of nitrogens with zero attached hydrogens (tertiary/aromatic N) is 1. The molecule has 2 N–H and O–H groups in total. The molecule has 2 aromatic carbocycles. The summed E-state index contributed by atoms with van der Waals surface area (Å²) in [5.41, 5.74) is 6.03. The molecule has 0 bridgehead atoms. The molecule has 0 unspecified atom stereocenters. The van der Waals surface area contributed by atoms with Gasteiger partial charge in [-0.15, -0.1) is 0 Å². The summed E-state index contributed by atoms with van der Waals surface area (Å²) in [6, 6.07) is 9.85. The lowest BCUT2D eigenvalue weighted by molar-refractivity contribution is -0.143. The van der Waals surface area contributed by atoms with Crippen molar-refractivity contribution < 1.29 is 23.5 Å². The summed E-state index contributed by atoms with van der Waals surface area (Å²) >= 11 is 11.8. The van der Waals surface area contributed by atoms with Crippen LogP contribution in [0.25, 0.3) is 6.08 Å².